The van der Waals surface area contributed by atoms with E-state index in [0.29, 0.717) is 0 Å². The molecule has 32 heavy (non-hydrogen) atoms. The van der Waals surface area contributed by atoms with Crippen molar-refractivity contribution < 1.29 is 0 Å². The normalized spacial score (nSPS) is 14.0. The van der Waals surface area contributed by atoms with E-state index in [1.54, 1.807) is 0 Å². The van der Waals surface area contributed by atoms with Crippen LogP contribution in [0.15, 0.2) is 115 Å². The number of para-hydroxylation sites is 1. The third kappa shape index (κ3) is 2.03. The molecule has 5 aromatic rings. The van der Waals surface area contributed by atoms with E-state index in [2.05, 4.69) is 103 Å². The summed E-state index contributed by atoms with van der Waals surface area (Å²) in [5.41, 5.74) is 19.9. The predicted octanol–water partition coefficient (Wildman–Crippen LogP) is 7.28. The van der Waals surface area contributed by atoms with Crippen molar-refractivity contribution in [3.8, 4) is 33.4 Å². The molecular formula is C31H21N. The molecular weight excluding hydrogens is 386 g/mol. The van der Waals surface area contributed by atoms with E-state index in [1.165, 1.54) is 44.5 Å². The molecule has 2 aliphatic carbocycles. The first-order valence-corrected chi connectivity index (χ1v) is 11.1. The van der Waals surface area contributed by atoms with Crippen LogP contribution in [0.2, 0.25) is 0 Å². The predicted molar refractivity (Wildman–Crippen MR) is 133 cm³/mol. The highest BCUT2D eigenvalue weighted by atomic mass is 14.6. The SMILES string of the molecule is Nc1ccccc1-c1ccc2c(c1)C1(c3ccccc3-c3ccccc31)c1ccccc1-2. The molecule has 0 aliphatic heterocycles. The van der Waals surface area contributed by atoms with Crippen LogP contribution in [0.1, 0.15) is 22.3 Å². The molecule has 0 fully saturated rings. The van der Waals surface area contributed by atoms with Gasteiger partial charge in [-0.1, -0.05) is 103 Å². The summed E-state index contributed by atoms with van der Waals surface area (Å²) in [7, 11) is 0. The van der Waals surface area contributed by atoms with Crippen LogP contribution in [0.5, 0.6) is 0 Å². The van der Waals surface area contributed by atoms with E-state index < -0.39 is 0 Å². The topological polar surface area (TPSA) is 26.0 Å². The monoisotopic (exact) mass is 407 g/mol. The third-order valence-electron chi connectivity index (χ3n) is 7.27. The second-order valence-electron chi connectivity index (χ2n) is 8.73. The Balaban J connectivity index is 1.64. The van der Waals surface area contributed by atoms with Crippen molar-refractivity contribution >= 4 is 5.69 Å². The van der Waals surface area contributed by atoms with Crippen LogP contribution in [0.3, 0.4) is 0 Å². The lowest BCUT2D eigenvalue weighted by Crippen LogP contribution is -2.25. The molecule has 0 atom stereocenters. The lowest BCUT2D eigenvalue weighted by atomic mass is 9.70. The zero-order valence-electron chi connectivity index (χ0n) is 17.5. The van der Waals surface area contributed by atoms with Crippen LogP contribution in [0.25, 0.3) is 33.4 Å². The summed E-state index contributed by atoms with van der Waals surface area (Å²) in [6, 6.07) is 41.7. The summed E-state index contributed by atoms with van der Waals surface area (Å²) < 4.78 is 0. The number of nitrogens with two attached hydrogens (primary N) is 1. The highest BCUT2D eigenvalue weighted by Gasteiger charge is 2.51. The Labute approximate surface area is 187 Å². The molecule has 0 aromatic heterocycles. The molecule has 150 valence electrons. The van der Waals surface area contributed by atoms with Gasteiger partial charge in [-0.3, -0.25) is 0 Å². The molecule has 0 saturated carbocycles. The van der Waals surface area contributed by atoms with Crippen molar-refractivity contribution in [2.24, 2.45) is 0 Å². The number of hydrogen-bond acceptors (Lipinski definition) is 1. The van der Waals surface area contributed by atoms with E-state index in [1.807, 2.05) is 12.1 Å². The number of hydrogen-bond donors (Lipinski definition) is 1. The highest BCUT2D eigenvalue weighted by Crippen LogP contribution is 2.62. The van der Waals surface area contributed by atoms with Gasteiger partial charge in [-0.2, -0.15) is 0 Å². The molecule has 0 unspecified atom stereocenters. The summed E-state index contributed by atoms with van der Waals surface area (Å²) in [5.74, 6) is 0. The fraction of sp³-hybridized carbons (Fsp3) is 0.0323. The Morgan fingerprint density at radius 3 is 1.38 bits per heavy atom. The minimum atomic E-state index is -0.307. The minimum absolute atomic E-state index is 0.307. The Kier molecular flexibility index (Phi) is 3.41. The van der Waals surface area contributed by atoms with Gasteiger partial charge in [0.25, 0.3) is 0 Å². The van der Waals surface area contributed by atoms with Crippen LogP contribution in [-0.4, -0.2) is 0 Å². The van der Waals surface area contributed by atoms with Crippen LogP contribution in [0.4, 0.5) is 5.69 Å². The van der Waals surface area contributed by atoms with Crippen LogP contribution in [-0.2, 0) is 5.41 Å². The van der Waals surface area contributed by atoms with Gasteiger partial charge < -0.3 is 5.73 Å². The first-order chi connectivity index (χ1) is 15.8. The average molecular weight is 408 g/mol. The van der Waals surface area contributed by atoms with E-state index in [4.69, 9.17) is 5.73 Å². The third-order valence-corrected chi connectivity index (χ3v) is 7.27. The van der Waals surface area contributed by atoms with E-state index in [0.717, 1.165) is 16.8 Å². The van der Waals surface area contributed by atoms with Crippen molar-refractivity contribution in [2.45, 2.75) is 5.41 Å². The zero-order valence-corrected chi connectivity index (χ0v) is 17.5. The standard InChI is InChI=1S/C31H21N/c32-30-16-8-4-9-21(30)20-17-18-25-24-12-3-7-15-28(24)31(29(25)19-20)26-13-5-1-10-22(26)23-11-2-6-14-27(23)31/h1-19H,32H2. The summed E-state index contributed by atoms with van der Waals surface area (Å²) >= 11 is 0. The van der Waals surface area contributed by atoms with E-state index in [-0.39, 0.29) is 5.41 Å². The maximum atomic E-state index is 6.38. The molecule has 1 nitrogen and oxygen atoms in total. The number of nitrogen functional groups attached to an aromatic ring is 1. The summed E-state index contributed by atoms with van der Waals surface area (Å²) in [6.07, 6.45) is 0. The van der Waals surface area contributed by atoms with Crippen molar-refractivity contribution in [2.75, 3.05) is 5.73 Å². The molecule has 0 radical (unpaired) electrons. The largest absolute Gasteiger partial charge is 0.398 e. The molecule has 1 spiro atoms. The quantitative estimate of drug-likeness (QED) is 0.284. The Morgan fingerprint density at radius 1 is 0.406 bits per heavy atom. The van der Waals surface area contributed by atoms with E-state index in [9.17, 15) is 0 Å². The van der Waals surface area contributed by atoms with Gasteiger partial charge in [0, 0.05) is 11.3 Å². The summed E-state index contributed by atoms with van der Waals surface area (Å²) in [6.45, 7) is 0. The maximum absolute atomic E-state index is 6.38. The lowest BCUT2D eigenvalue weighted by molar-refractivity contribution is 0.794. The maximum Gasteiger partial charge on any atom is 0.0725 e. The molecule has 0 saturated heterocycles. The summed E-state index contributed by atoms with van der Waals surface area (Å²) in [5, 5.41) is 0. The second-order valence-corrected chi connectivity index (χ2v) is 8.73. The fourth-order valence-corrected chi connectivity index (χ4v) is 6.02. The van der Waals surface area contributed by atoms with Crippen molar-refractivity contribution in [1.29, 1.82) is 0 Å². The van der Waals surface area contributed by atoms with Crippen LogP contribution >= 0.6 is 0 Å². The minimum Gasteiger partial charge on any atom is -0.398 e. The highest BCUT2D eigenvalue weighted by molar-refractivity contribution is 5.96. The molecule has 0 heterocycles. The van der Waals surface area contributed by atoms with Gasteiger partial charge in [-0.15, -0.1) is 0 Å². The Bertz CT molecular complexity index is 1480. The lowest BCUT2D eigenvalue weighted by Gasteiger charge is -2.30. The fourth-order valence-electron chi connectivity index (χ4n) is 6.02. The van der Waals surface area contributed by atoms with Gasteiger partial charge in [-0.25, -0.2) is 0 Å². The molecule has 7 rings (SSSR count). The zero-order chi connectivity index (χ0) is 21.3. The average Bonchev–Trinajstić information content (AvgIpc) is 3.31. The van der Waals surface area contributed by atoms with Gasteiger partial charge in [-0.05, 0) is 62.2 Å². The number of rotatable bonds is 1. The van der Waals surface area contributed by atoms with Crippen LogP contribution < -0.4 is 5.73 Å². The van der Waals surface area contributed by atoms with Gasteiger partial charge in [0.05, 0.1) is 5.41 Å². The van der Waals surface area contributed by atoms with Crippen molar-refractivity contribution in [3.05, 3.63) is 138 Å². The van der Waals surface area contributed by atoms with Gasteiger partial charge >= 0.3 is 0 Å². The first-order valence-electron chi connectivity index (χ1n) is 11.1. The Hall–Kier alpha value is -4.10. The molecule has 5 aromatic carbocycles. The molecule has 2 aliphatic rings. The summed E-state index contributed by atoms with van der Waals surface area (Å²) in [4.78, 5) is 0. The first kappa shape index (κ1) is 17.6. The smallest absolute Gasteiger partial charge is 0.0725 e. The number of fused-ring (bicyclic) bond motifs is 10. The van der Waals surface area contributed by atoms with Gasteiger partial charge in [0.1, 0.15) is 0 Å². The molecule has 2 N–H and O–H groups in total. The van der Waals surface area contributed by atoms with Crippen molar-refractivity contribution in [1.82, 2.24) is 0 Å². The Morgan fingerprint density at radius 2 is 0.844 bits per heavy atom. The van der Waals surface area contributed by atoms with E-state index >= 15 is 0 Å². The molecule has 0 bridgehead atoms. The van der Waals surface area contributed by atoms with Crippen LogP contribution in [0, 0.1) is 0 Å². The second kappa shape index (κ2) is 6.21. The molecule has 1 heteroatoms. The van der Waals surface area contributed by atoms with Gasteiger partial charge in [0.2, 0.25) is 0 Å². The molecule has 0 amide bonds. The van der Waals surface area contributed by atoms with Gasteiger partial charge in [0.15, 0.2) is 0 Å². The number of benzene rings is 5. The van der Waals surface area contributed by atoms with Crippen molar-refractivity contribution in [3.63, 3.8) is 0 Å². The number of anilines is 1.